The Balaban J connectivity index is 1.66. The predicted molar refractivity (Wildman–Crippen MR) is 135 cm³/mol. The number of carbonyl (C=O) groups is 3. The van der Waals surface area contributed by atoms with E-state index in [9.17, 15) is 14.4 Å². The molecule has 1 saturated carbocycles. The molecule has 1 aliphatic heterocycles. The Morgan fingerprint density at radius 2 is 1.92 bits per heavy atom. The zero-order chi connectivity index (χ0) is 25.8. The summed E-state index contributed by atoms with van der Waals surface area (Å²) in [6.07, 6.45) is 3.10. The number of fused-ring (bicyclic) bond motifs is 1. The number of nitrogens with one attached hydrogen (secondary N) is 1. The number of pyridine rings is 1. The first-order valence-corrected chi connectivity index (χ1v) is 12.4. The van der Waals surface area contributed by atoms with Crippen molar-refractivity contribution < 1.29 is 23.9 Å². The fourth-order valence-corrected chi connectivity index (χ4v) is 4.36. The van der Waals surface area contributed by atoms with Gasteiger partial charge in [-0.05, 0) is 44.0 Å². The quantitative estimate of drug-likeness (QED) is 0.701. The number of carbonyl (C=O) groups excluding carboxylic acids is 3. The molecule has 1 aliphatic carbocycles. The standard InChI is InChI=1S/C27H34N4O5/c1-17-14-31(27(34)22-7-5-6-12-28-22)18(2)16-36-23-13-20(29-25(32)19-8-9-19)10-11-21(23)26(33)30(3)15-24(17)35-4/h5-7,10-13,17-19,24H,8-9,14-16H2,1-4H3,(H,29,32)/t17-,18+,24+/m0/s1. The van der Waals surface area contributed by atoms with Crippen molar-refractivity contribution in [3.63, 3.8) is 0 Å². The highest BCUT2D eigenvalue weighted by atomic mass is 16.5. The van der Waals surface area contributed by atoms with Crippen LogP contribution < -0.4 is 10.1 Å². The minimum absolute atomic E-state index is 0.0241. The molecule has 0 radical (unpaired) electrons. The molecule has 0 spiro atoms. The monoisotopic (exact) mass is 494 g/mol. The van der Waals surface area contributed by atoms with Gasteiger partial charge in [0.25, 0.3) is 11.8 Å². The van der Waals surface area contributed by atoms with Crippen molar-refractivity contribution >= 4 is 23.4 Å². The van der Waals surface area contributed by atoms with Crippen molar-refractivity contribution in [3.05, 3.63) is 53.9 Å². The second kappa shape index (κ2) is 11.1. The summed E-state index contributed by atoms with van der Waals surface area (Å²) in [5.41, 5.74) is 1.32. The fourth-order valence-electron chi connectivity index (χ4n) is 4.36. The average Bonchev–Trinajstić information content (AvgIpc) is 3.74. The van der Waals surface area contributed by atoms with Gasteiger partial charge in [-0.2, -0.15) is 0 Å². The summed E-state index contributed by atoms with van der Waals surface area (Å²) in [6, 6.07) is 10.0. The molecule has 192 valence electrons. The Hall–Kier alpha value is -3.46. The number of hydrogen-bond donors (Lipinski definition) is 1. The molecular formula is C27H34N4O5. The molecule has 2 aromatic rings. The Labute approximate surface area is 211 Å². The number of ether oxygens (including phenoxy) is 2. The van der Waals surface area contributed by atoms with Crippen LogP contribution in [0.1, 0.15) is 47.5 Å². The third-order valence-electron chi connectivity index (χ3n) is 6.81. The summed E-state index contributed by atoms with van der Waals surface area (Å²) < 4.78 is 11.9. The molecule has 9 nitrogen and oxygen atoms in total. The van der Waals surface area contributed by atoms with Crippen molar-refractivity contribution in [2.45, 2.75) is 38.8 Å². The number of nitrogens with zero attached hydrogens (tertiary/aromatic N) is 3. The number of aromatic nitrogens is 1. The van der Waals surface area contributed by atoms with Gasteiger partial charge in [-0.1, -0.05) is 13.0 Å². The maximum absolute atomic E-state index is 13.4. The van der Waals surface area contributed by atoms with E-state index in [1.807, 2.05) is 13.8 Å². The number of rotatable bonds is 4. The van der Waals surface area contributed by atoms with E-state index in [2.05, 4.69) is 10.3 Å². The van der Waals surface area contributed by atoms with Gasteiger partial charge in [0.2, 0.25) is 5.91 Å². The number of likely N-dealkylation sites (N-methyl/N-ethyl adjacent to an activating group) is 1. The molecule has 0 saturated heterocycles. The van der Waals surface area contributed by atoms with Crippen LogP contribution in [0.4, 0.5) is 5.69 Å². The van der Waals surface area contributed by atoms with E-state index >= 15 is 0 Å². The van der Waals surface area contributed by atoms with Gasteiger partial charge in [-0.3, -0.25) is 19.4 Å². The highest BCUT2D eigenvalue weighted by Gasteiger charge is 2.32. The molecule has 0 unspecified atom stereocenters. The third kappa shape index (κ3) is 5.84. The summed E-state index contributed by atoms with van der Waals surface area (Å²) >= 11 is 0. The van der Waals surface area contributed by atoms with Gasteiger partial charge in [0.05, 0.1) is 17.7 Å². The first-order valence-electron chi connectivity index (χ1n) is 12.4. The lowest BCUT2D eigenvalue weighted by Crippen LogP contribution is -2.48. The van der Waals surface area contributed by atoms with Crippen LogP contribution in [0, 0.1) is 11.8 Å². The first kappa shape index (κ1) is 25.6. The lowest BCUT2D eigenvalue weighted by molar-refractivity contribution is -0.117. The van der Waals surface area contributed by atoms with Crippen LogP contribution in [0.3, 0.4) is 0 Å². The van der Waals surface area contributed by atoms with E-state index < -0.39 is 0 Å². The molecule has 3 amide bonds. The zero-order valence-corrected chi connectivity index (χ0v) is 21.3. The maximum Gasteiger partial charge on any atom is 0.272 e. The number of methoxy groups -OCH3 is 1. The molecule has 9 heteroatoms. The molecule has 0 bridgehead atoms. The van der Waals surface area contributed by atoms with E-state index in [-0.39, 0.29) is 48.3 Å². The lowest BCUT2D eigenvalue weighted by atomic mass is 10.0. The number of anilines is 1. The van der Waals surface area contributed by atoms with E-state index in [0.29, 0.717) is 35.8 Å². The third-order valence-corrected chi connectivity index (χ3v) is 6.81. The smallest absolute Gasteiger partial charge is 0.272 e. The normalized spacial score (nSPS) is 23.1. The van der Waals surface area contributed by atoms with E-state index in [1.54, 1.807) is 66.6 Å². The van der Waals surface area contributed by atoms with E-state index in [1.165, 1.54) is 0 Å². The SMILES string of the molecule is CO[C@@H]1CN(C)C(=O)c2ccc(NC(=O)C3CC3)cc2OC[C@@H](C)N(C(=O)c2ccccn2)C[C@@H]1C. The Morgan fingerprint density at radius 1 is 1.14 bits per heavy atom. The molecule has 4 rings (SSSR count). The minimum Gasteiger partial charge on any atom is -0.491 e. The topological polar surface area (TPSA) is 101 Å². The molecule has 1 aromatic carbocycles. The average molecular weight is 495 g/mol. The summed E-state index contributed by atoms with van der Waals surface area (Å²) in [5.74, 6) is -0.0586. The van der Waals surface area contributed by atoms with Gasteiger partial charge in [0, 0.05) is 57.0 Å². The van der Waals surface area contributed by atoms with E-state index in [0.717, 1.165) is 12.8 Å². The fraction of sp³-hybridized carbons (Fsp3) is 0.481. The van der Waals surface area contributed by atoms with Crippen LogP contribution in [0.15, 0.2) is 42.6 Å². The lowest BCUT2D eigenvalue weighted by Gasteiger charge is -2.36. The van der Waals surface area contributed by atoms with Crippen LogP contribution in [-0.4, -0.2) is 78.5 Å². The van der Waals surface area contributed by atoms with Crippen molar-refractivity contribution in [1.29, 1.82) is 0 Å². The second-order valence-electron chi connectivity index (χ2n) is 9.74. The largest absolute Gasteiger partial charge is 0.491 e. The van der Waals surface area contributed by atoms with Crippen LogP contribution in [-0.2, 0) is 9.53 Å². The molecule has 1 N–H and O–H groups in total. The molecule has 2 heterocycles. The highest BCUT2D eigenvalue weighted by molar-refractivity contribution is 5.99. The Morgan fingerprint density at radius 3 is 2.58 bits per heavy atom. The minimum atomic E-state index is -0.315. The molecular weight excluding hydrogens is 460 g/mol. The van der Waals surface area contributed by atoms with Crippen molar-refractivity contribution in [1.82, 2.24) is 14.8 Å². The Kier molecular flexibility index (Phi) is 7.88. The van der Waals surface area contributed by atoms with Crippen LogP contribution >= 0.6 is 0 Å². The maximum atomic E-state index is 13.4. The highest BCUT2D eigenvalue weighted by Crippen LogP contribution is 2.32. The number of benzene rings is 1. The van der Waals surface area contributed by atoms with Crippen molar-refractivity contribution in [2.24, 2.45) is 11.8 Å². The van der Waals surface area contributed by atoms with Crippen molar-refractivity contribution in [2.75, 3.05) is 39.2 Å². The summed E-state index contributed by atoms with van der Waals surface area (Å²) in [4.78, 5) is 46.6. The van der Waals surface area contributed by atoms with Crippen LogP contribution in [0.2, 0.25) is 0 Å². The summed E-state index contributed by atoms with van der Waals surface area (Å²) in [5, 5.41) is 2.91. The Bertz CT molecular complexity index is 1100. The van der Waals surface area contributed by atoms with E-state index in [4.69, 9.17) is 9.47 Å². The van der Waals surface area contributed by atoms with Crippen LogP contribution in [0.5, 0.6) is 5.75 Å². The van der Waals surface area contributed by atoms with Crippen LogP contribution in [0.25, 0.3) is 0 Å². The number of amides is 3. The van der Waals surface area contributed by atoms with Gasteiger partial charge >= 0.3 is 0 Å². The molecule has 2 aliphatic rings. The summed E-state index contributed by atoms with van der Waals surface area (Å²) in [7, 11) is 3.34. The van der Waals surface area contributed by atoms with Gasteiger partial charge in [0.15, 0.2) is 0 Å². The molecule has 1 fully saturated rings. The number of hydrogen-bond acceptors (Lipinski definition) is 6. The first-order chi connectivity index (χ1) is 17.3. The molecule has 1 aromatic heterocycles. The van der Waals surface area contributed by atoms with Gasteiger partial charge in [-0.15, -0.1) is 0 Å². The van der Waals surface area contributed by atoms with Gasteiger partial charge in [-0.25, -0.2) is 0 Å². The predicted octanol–water partition coefficient (Wildman–Crippen LogP) is 3.08. The zero-order valence-electron chi connectivity index (χ0n) is 21.3. The molecule has 36 heavy (non-hydrogen) atoms. The molecule has 3 atom stereocenters. The van der Waals surface area contributed by atoms with Gasteiger partial charge < -0.3 is 24.6 Å². The second-order valence-corrected chi connectivity index (χ2v) is 9.74. The summed E-state index contributed by atoms with van der Waals surface area (Å²) in [6.45, 7) is 4.83. The van der Waals surface area contributed by atoms with Gasteiger partial charge in [0.1, 0.15) is 18.1 Å². The van der Waals surface area contributed by atoms with Crippen molar-refractivity contribution in [3.8, 4) is 5.75 Å².